The first-order chi connectivity index (χ1) is 9.79. The van der Waals surface area contributed by atoms with Crippen LogP contribution in [0.25, 0.3) is 0 Å². The third kappa shape index (κ3) is 5.90. The molecule has 0 aliphatic carbocycles. The smallest absolute Gasteiger partial charge is 0.326 e. The Morgan fingerprint density at radius 1 is 1.38 bits per heavy atom. The third-order valence-corrected chi connectivity index (χ3v) is 2.60. The molecule has 1 aromatic carbocycles. The van der Waals surface area contributed by atoms with Crippen molar-refractivity contribution >= 4 is 23.5 Å². The lowest BCUT2D eigenvalue weighted by atomic mass is 10.2. The molecule has 0 heterocycles. The molecule has 0 fully saturated rings. The zero-order chi connectivity index (χ0) is 16.0. The van der Waals surface area contributed by atoms with Crippen LogP contribution in [0, 0.1) is 5.82 Å². The number of hydrogen-bond donors (Lipinski definition) is 2. The van der Waals surface area contributed by atoms with Crippen LogP contribution in [0.2, 0.25) is 5.02 Å². The average molecular weight is 326 g/mol. The molecule has 1 rings (SSSR count). The maximum atomic E-state index is 12.9. The second-order valence-electron chi connectivity index (χ2n) is 3.95. The number of aliphatic carboxylic acids is 1. The van der Waals surface area contributed by atoms with Crippen LogP contribution < -0.4 is 10.1 Å². The summed E-state index contributed by atoms with van der Waals surface area (Å²) in [4.78, 5) is 22.1. The molecule has 1 amide bonds. The van der Waals surface area contributed by atoms with E-state index >= 15 is 0 Å². The molecular weight excluding hydrogens is 315 g/mol. The highest BCUT2D eigenvalue weighted by Gasteiger charge is 2.24. The number of alkyl halides is 2. The van der Waals surface area contributed by atoms with Gasteiger partial charge in [0.15, 0.2) is 6.61 Å². The molecule has 0 aromatic heterocycles. The highest BCUT2D eigenvalue weighted by Crippen LogP contribution is 2.20. The minimum atomic E-state index is -2.87. The first-order valence-electron chi connectivity index (χ1n) is 5.67. The molecule has 0 aliphatic rings. The number of amides is 1. The molecule has 1 atom stereocenters. The minimum Gasteiger partial charge on any atom is -0.484 e. The summed E-state index contributed by atoms with van der Waals surface area (Å²) in [5.41, 5.74) is 0. The summed E-state index contributed by atoms with van der Waals surface area (Å²) in [6.45, 7) is -0.616. The SMILES string of the molecule is O=C(COc1ccc(F)c(Cl)c1)NC(CC(F)F)C(=O)O. The summed E-state index contributed by atoms with van der Waals surface area (Å²) >= 11 is 5.50. The summed E-state index contributed by atoms with van der Waals surface area (Å²) < 4.78 is 42.1. The predicted octanol–water partition coefficient (Wildman–Crippen LogP) is 2.08. The Kier molecular flexibility index (Phi) is 6.29. The van der Waals surface area contributed by atoms with Crippen molar-refractivity contribution < 1.29 is 32.6 Å². The van der Waals surface area contributed by atoms with Gasteiger partial charge in [-0.3, -0.25) is 4.79 Å². The van der Waals surface area contributed by atoms with Crippen molar-refractivity contribution in [3.8, 4) is 5.75 Å². The van der Waals surface area contributed by atoms with Gasteiger partial charge in [0.1, 0.15) is 17.6 Å². The molecule has 2 N–H and O–H groups in total. The van der Waals surface area contributed by atoms with Crippen molar-refractivity contribution in [2.75, 3.05) is 6.61 Å². The van der Waals surface area contributed by atoms with E-state index in [1.54, 1.807) is 0 Å². The number of halogens is 4. The molecule has 116 valence electrons. The van der Waals surface area contributed by atoms with Crippen molar-refractivity contribution in [3.05, 3.63) is 29.0 Å². The number of ether oxygens (including phenoxy) is 1. The predicted molar refractivity (Wildman–Crippen MR) is 67.1 cm³/mol. The van der Waals surface area contributed by atoms with Crippen LogP contribution in [-0.4, -0.2) is 36.1 Å². The summed E-state index contributed by atoms with van der Waals surface area (Å²) in [6.07, 6.45) is -3.88. The van der Waals surface area contributed by atoms with Crippen molar-refractivity contribution in [2.24, 2.45) is 0 Å². The van der Waals surface area contributed by atoms with Gasteiger partial charge in [0.2, 0.25) is 6.43 Å². The summed E-state index contributed by atoms with van der Waals surface area (Å²) in [6, 6.07) is 1.64. The number of carbonyl (C=O) groups excluding carboxylic acids is 1. The standard InChI is InChI=1S/C12H11ClF3NO4/c13-7-3-6(1-2-8(7)14)21-5-11(18)17-9(12(19)20)4-10(15)16/h1-3,9-10H,4-5H2,(H,17,18)(H,19,20). The Bertz CT molecular complexity index is 527. The van der Waals surface area contributed by atoms with Gasteiger partial charge in [0, 0.05) is 12.5 Å². The van der Waals surface area contributed by atoms with Gasteiger partial charge in [-0.25, -0.2) is 18.0 Å². The molecule has 5 nitrogen and oxygen atoms in total. The molecule has 0 bridgehead atoms. The van der Waals surface area contributed by atoms with E-state index in [0.717, 1.165) is 12.1 Å². The number of carboxylic acids is 1. The van der Waals surface area contributed by atoms with Gasteiger partial charge in [-0.05, 0) is 12.1 Å². The number of carboxylic acid groups (broad SMARTS) is 1. The van der Waals surface area contributed by atoms with Gasteiger partial charge in [-0.1, -0.05) is 11.6 Å². The first kappa shape index (κ1) is 17.1. The number of nitrogens with one attached hydrogen (secondary N) is 1. The van der Waals surface area contributed by atoms with E-state index in [9.17, 15) is 22.8 Å². The van der Waals surface area contributed by atoms with Crippen LogP contribution in [0.5, 0.6) is 5.75 Å². The monoisotopic (exact) mass is 325 g/mol. The Labute approximate surface area is 122 Å². The van der Waals surface area contributed by atoms with Gasteiger partial charge in [0.05, 0.1) is 5.02 Å². The number of rotatable bonds is 7. The minimum absolute atomic E-state index is 0.0808. The maximum Gasteiger partial charge on any atom is 0.326 e. The second-order valence-corrected chi connectivity index (χ2v) is 4.36. The quantitative estimate of drug-likeness (QED) is 0.805. The van der Waals surface area contributed by atoms with Gasteiger partial charge < -0.3 is 15.2 Å². The van der Waals surface area contributed by atoms with Crippen LogP contribution in [0.15, 0.2) is 18.2 Å². The highest BCUT2D eigenvalue weighted by molar-refractivity contribution is 6.30. The van der Waals surface area contributed by atoms with Crippen LogP contribution in [0.3, 0.4) is 0 Å². The summed E-state index contributed by atoms with van der Waals surface area (Å²) in [7, 11) is 0. The Morgan fingerprint density at radius 3 is 2.57 bits per heavy atom. The highest BCUT2D eigenvalue weighted by atomic mass is 35.5. The van der Waals surface area contributed by atoms with Crippen LogP contribution in [0.1, 0.15) is 6.42 Å². The normalized spacial score (nSPS) is 12.0. The van der Waals surface area contributed by atoms with E-state index in [0.29, 0.717) is 0 Å². The Morgan fingerprint density at radius 2 is 2.05 bits per heavy atom. The first-order valence-corrected chi connectivity index (χ1v) is 6.05. The molecule has 9 heteroatoms. The molecule has 0 aliphatic heterocycles. The Hall–Kier alpha value is -1.96. The fourth-order valence-electron chi connectivity index (χ4n) is 1.35. The van der Waals surface area contributed by atoms with Crippen LogP contribution in [-0.2, 0) is 9.59 Å². The van der Waals surface area contributed by atoms with E-state index in [-0.39, 0.29) is 10.8 Å². The van der Waals surface area contributed by atoms with E-state index in [2.05, 4.69) is 0 Å². The van der Waals surface area contributed by atoms with E-state index in [1.807, 2.05) is 5.32 Å². The topological polar surface area (TPSA) is 75.6 Å². The number of carbonyl (C=O) groups is 2. The lowest BCUT2D eigenvalue weighted by molar-refractivity contribution is -0.143. The second kappa shape index (κ2) is 7.72. The molecule has 0 saturated heterocycles. The third-order valence-electron chi connectivity index (χ3n) is 2.31. The molecule has 1 unspecified atom stereocenters. The molecule has 0 saturated carbocycles. The molecule has 21 heavy (non-hydrogen) atoms. The fraction of sp³-hybridized carbons (Fsp3) is 0.333. The Balaban J connectivity index is 2.52. The van der Waals surface area contributed by atoms with Crippen LogP contribution >= 0.6 is 11.6 Å². The van der Waals surface area contributed by atoms with Gasteiger partial charge in [0.25, 0.3) is 5.91 Å². The van der Waals surface area contributed by atoms with Gasteiger partial charge in [-0.15, -0.1) is 0 Å². The number of hydrogen-bond acceptors (Lipinski definition) is 3. The zero-order valence-electron chi connectivity index (χ0n) is 10.5. The number of benzene rings is 1. The van der Waals surface area contributed by atoms with Crippen molar-refractivity contribution in [2.45, 2.75) is 18.9 Å². The van der Waals surface area contributed by atoms with E-state index in [4.69, 9.17) is 21.4 Å². The summed E-state index contributed by atoms with van der Waals surface area (Å²) in [5.74, 6) is -3.06. The largest absolute Gasteiger partial charge is 0.484 e. The van der Waals surface area contributed by atoms with Gasteiger partial charge >= 0.3 is 5.97 Å². The molecule has 0 spiro atoms. The van der Waals surface area contributed by atoms with E-state index < -0.39 is 43.2 Å². The molecule has 1 aromatic rings. The average Bonchev–Trinajstić information content (AvgIpc) is 2.38. The van der Waals surface area contributed by atoms with Gasteiger partial charge in [-0.2, -0.15) is 0 Å². The molecule has 0 radical (unpaired) electrons. The van der Waals surface area contributed by atoms with Crippen molar-refractivity contribution in [1.29, 1.82) is 0 Å². The van der Waals surface area contributed by atoms with Crippen molar-refractivity contribution in [1.82, 2.24) is 5.32 Å². The molecular formula is C12H11ClF3NO4. The zero-order valence-corrected chi connectivity index (χ0v) is 11.2. The summed E-state index contributed by atoms with van der Waals surface area (Å²) in [5, 5.41) is 10.4. The lowest BCUT2D eigenvalue weighted by Gasteiger charge is -2.14. The fourth-order valence-corrected chi connectivity index (χ4v) is 1.52. The maximum absolute atomic E-state index is 12.9. The van der Waals surface area contributed by atoms with E-state index in [1.165, 1.54) is 6.07 Å². The van der Waals surface area contributed by atoms with Crippen molar-refractivity contribution in [3.63, 3.8) is 0 Å². The lowest BCUT2D eigenvalue weighted by Crippen LogP contribution is -2.44. The van der Waals surface area contributed by atoms with Crippen LogP contribution in [0.4, 0.5) is 13.2 Å².